The Labute approximate surface area is 282 Å². The molecule has 1 fully saturated rings. The van der Waals surface area contributed by atoms with E-state index >= 15 is 0 Å². The van der Waals surface area contributed by atoms with E-state index in [1.807, 2.05) is 84.7 Å². The van der Waals surface area contributed by atoms with Gasteiger partial charge in [0.2, 0.25) is 5.95 Å². The number of ether oxygens (including phenoxy) is 2. The van der Waals surface area contributed by atoms with Gasteiger partial charge in [-0.15, -0.1) is 0 Å². The Kier molecular flexibility index (Phi) is 10.6. The van der Waals surface area contributed by atoms with Gasteiger partial charge in [0.15, 0.2) is 11.5 Å². The van der Waals surface area contributed by atoms with E-state index in [0.29, 0.717) is 36.2 Å². The van der Waals surface area contributed by atoms with Crippen molar-refractivity contribution in [3.63, 3.8) is 0 Å². The maximum atomic E-state index is 13.6. The fourth-order valence-electron chi connectivity index (χ4n) is 6.62. The molecule has 1 unspecified atom stereocenters. The Balaban J connectivity index is 1.11. The summed E-state index contributed by atoms with van der Waals surface area (Å²) in [6.45, 7) is 4.05. The maximum absolute atomic E-state index is 13.6. The molecule has 0 radical (unpaired) electrons. The van der Waals surface area contributed by atoms with Gasteiger partial charge in [-0.3, -0.25) is 4.79 Å². The molecule has 1 amide bonds. The molecular formula is C39H44FN5O3. The first-order valence-corrected chi connectivity index (χ1v) is 16.6. The van der Waals surface area contributed by atoms with Crippen molar-refractivity contribution in [1.29, 1.82) is 0 Å². The first kappa shape index (κ1) is 33.0. The van der Waals surface area contributed by atoms with Crippen LogP contribution in [0.2, 0.25) is 0 Å². The second-order valence-electron chi connectivity index (χ2n) is 12.5. The van der Waals surface area contributed by atoms with Crippen LogP contribution >= 0.6 is 0 Å². The van der Waals surface area contributed by atoms with Crippen LogP contribution in [-0.2, 0) is 6.54 Å². The highest BCUT2D eigenvalue weighted by molar-refractivity contribution is 5.94. The molecule has 1 aromatic heterocycles. The van der Waals surface area contributed by atoms with Gasteiger partial charge in [-0.25, -0.2) is 9.37 Å². The smallest absolute Gasteiger partial charge is 0.253 e. The van der Waals surface area contributed by atoms with Crippen LogP contribution in [0.1, 0.15) is 46.7 Å². The van der Waals surface area contributed by atoms with E-state index in [1.54, 1.807) is 14.2 Å². The predicted molar refractivity (Wildman–Crippen MR) is 189 cm³/mol. The number of hydrogen-bond donors (Lipinski definition) is 1. The van der Waals surface area contributed by atoms with E-state index in [1.165, 1.54) is 12.1 Å². The van der Waals surface area contributed by atoms with E-state index in [2.05, 4.69) is 26.9 Å². The second kappa shape index (κ2) is 15.3. The minimum absolute atomic E-state index is 0.0124. The number of carbonyl (C=O) groups excluding carboxylic acids is 1. The lowest BCUT2D eigenvalue weighted by Gasteiger charge is -2.34. The van der Waals surface area contributed by atoms with Crippen molar-refractivity contribution >= 4 is 22.9 Å². The van der Waals surface area contributed by atoms with Crippen molar-refractivity contribution in [2.45, 2.75) is 37.8 Å². The summed E-state index contributed by atoms with van der Waals surface area (Å²) < 4.78 is 26.9. The Bertz CT molecular complexity index is 1800. The SMILES string of the molecule is COc1ccc(C(CCN2CCC(Nc3nc4ccccc4n3Cc3ccc(F)cc3)CC2)CN(C)C(=O)c2ccccc2)cc1OC. The summed E-state index contributed by atoms with van der Waals surface area (Å²) in [6.07, 6.45) is 2.88. The van der Waals surface area contributed by atoms with Gasteiger partial charge in [0.05, 0.1) is 31.8 Å². The van der Waals surface area contributed by atoms with Crippen molar-refractivity contribution in [1.82, 2.24) is 19.4 Å². The van der Waals surface area contributed by atoms with E-state index in [4.69, 9.17) is 14.5 Å². The molecule has 1 saturated heterocycles. The molecule has 1 aliphatic rings. The number of nitrogens with one attached hydrogen (secondary N) is 1. The summed E-state index contributed by atoms with van der Waals surface area (Å²) in [5.41, 5.74) is 4.83. The zero-order valence-corrected chi connectivity index (χ0v) is 27.9. The number of para-hydroxylation sites is 2. The summed E-state index contributed by atoms with van der Waals surface area (Å²) in [7, 11) is 5.17. The Morgan fingerprint density at radius 1 is 0.938 bits per heavy atom. The van der Waals surface area contributed by atoms with E-state index < -0.39 is 0 Å². The normalized spacial score (nSPS) is 14.5. The maximum Gasteiger partial charge on any atom is 0.253 e. The number of carbonyl (C=O) groups is 1. The topological polar surface area (TPSA) is 71.9 Å². The number of piperidine rings is 1. The third-order valence-electron chi connectivity index (χ3n) is 9.36. The van der Waals surface area contributed by atoms with Gasteiger partial charge in [0, 0.05) is 44.2 Å². The highest BCUT2D eigenvalue weighted by Gasteiger charge is 2.25. The molecule has 1 aliphatic heterocycles. The number of likely N-dealkylation sites (tertiary alicyclic amines) is 1. The van der Waals surface area contributed by atoms with E-state index in [0.717, 1.165) is 67.0 Å². The number of halogens is 1. The van der Waals surface area contributed by atoms with Crippen LogP contribution in [0.5, 0.6) is 11.5 Å². The highest BCUT2D eigenvalue weighted by Crippen LogP contribution is 2.33. The van der Waals surface area contributed by atoms with Gasteiger partial charge in [-0.2, -0.15) is 0 Å². The molecule has 0 bridgehead atoms. The molecule has 1 N–H and O–H groups in total. The number of amides is 1. The first-order valence-electron chi connectivity index (χ1n) is 16.6. The molecule has 2 heterocycles. The molecule has 0 spiro atoms. The number of benzene rings is 4. The van der Waals surface area contributed by atoms with Crippen LogP contribution in [0.4, 0.5) is 10.3 Å². The van der Waals surface area contributed by atoms with Gasteiger partial charge >= 0.3 is 0 Å². The molecule has 0 saturated carbocycles. The highest BCUT2D eigenvalue weighted by atomic mass is 19.1. The minimum atomic E-state index is -0.234. The van der Waals surface area contributed by atoms with Crippen LogP contribution in [0, 0.1) is 5.82 Å². The fourth-order valence-corrected chi connectivity index (χ4v) is 6.62. The zero-order chi connectivity index (χ0) is 33.5. The number of rotatable bonds is 13. The van der Waals surface area contributed by atoms with Gasteiger partial charge in [0.1, 0.15) is 5.82 Å². The molecule has 4 aromatic carbocycles. The van der Waals surface area contributed by atoms with Crippen LogP contribution < -0.4 is 14.8 Å². The Morgan fingerprint density at radius 3 is 2.38 bits per heavy atom. The summed E-state index contributed by atoms with van der Waals surface area (Å²) in [6, 6.07) is 30.6. The minimum Gasteiger partial charge on any atom is -0.493 e. The third-order valence-corrected chi connectivity index (χ3v) is 9.36. The predicted octanol–water partition coefficient (Wildman–Crippen LogP) is 7.06. The molecule has 9 heteroatoms. The molecule has 0 aliphatic carbocycles. The van der Waals surface area contributed by atoms with Crippen LogP contribution in [0.25, 0.3) is 11.0 Å². The zero-order valence-electron chi connectivity index (χ0n) is 27.9. The summed E-state index contributed by atoms with van der Waals surface area (Å²) in [5, 5.41) is 3.74. The van der Waals surface area contributed by atoms with Crippen molar-refractivity contribution in [3.8, 4) is 11.5 Å². The van der Waals surface area contributed by atoms with Gasteiger partial charge in [-0.1, -0.05) is 48.5 Å². The van der Waals surface area contributed by atoms with Gasteiger partial charge in [-0.05, 0) is 85.5 Å². The quantitative estimate of drug-likeness (QED) is 0.147. The number of aromatic nitrogens is 2. The number of hydrogen-bond acceptors (Lipinski definition) is 6. The molecule has 48 heavy (non-hydrogen) atoms. The summed E-state index contributed by atoms with van der Waals surface area (Å²) in [4.78, 5) is 22.5. The molecule has 8 nitrogen and oxygen atoms in total. The number of nitrogens with zero attached hydrogens (tertiary/aromatic N) is 4. The van der Waals surface area contributed by atoms with Crippen LogP contribution in [0.15, 0.2) is 97.1 Å². The van der Waals surface area contributed by atoms with E-state index in [9.17, 15) is 9.18 Å². The number of fused-ring (bicyclic) bond motifs is 1. The molecular weight excluding hydrogens is 605 g/mol. The number of imidazole rings is 1. The lowest BCUT2D eigenvalue weighted by molar-refractivity contribution is 0.0782. The van der Waals surface area contributed by atoms with Crippen molar-refractivity contribution in [2.24, 2.45) is 0 Å². The average molecular weight is 650 g/mol. The molecule has 250 valence electrons. The van der Waals surface area contributed by atoms with Crippen molar-refractivity contribution in [2.75, 3.05) is 52.8 Å². The Morgan fingerprint density at radius 2 is 1.65 bits per heavy atom. The monoisotopic (exact) mass is 649 g/mol. The summed E-state index contributed by atoms with van der Waals surface area (Å²) >= 11 is 0. The average Bonchev–Trinajstić information content (AvgIpc) is 3.47. The largest absolute Gasteiger partial charge is 0.493 e. The lowest BCUT2D eigenvalue weighted by Crippen LogP contribution is -2.40. The molecule has 5 aromatic rings. The van der Waals surface area contributed by atoms with Crippen LogP contribution in [-0.4, -0.2) is 78.7 Å². The number of likely N-dealkylation sites (N-methyl/N-ethyl adjacent to an activating group) is 1. The van der Waals surface area contributed by atoms with Crippen molar-refractivity contribution in [3.05, 3.63) is 120 Å². The lowest BCUT2D eigenvalue weighted by atomic mass is 9.93. The van der Waals surface area contributed by atoms with Gasteiger partial charge < -0.3 is 29.2 Å². The fraction of sp³-hybridized carbons (Fsp3) is 0.333. The Hall–Kier alpha value is -4.89. The van der Waals surface area contributed by atoms with Crippen molar-refractivity contribution < 1.29 is 18.7 Å². The number of anilines is 1. The summed E-state index contributed by atoms with van der Waals surface area (Å²) in [5.74, 6) is 2.12. The van der Waals surface area contributed by atoms with Crippen LogP contribution in [0.3, 0.4) is 0 Å². The third kappa shape index (κ3) is 7.80. The molecule has 6 rings (SSSR count). The molecule has 1 atom stereocenters. The standard InChI is InChI=1S/C39H44FN5O3/c1-43(38(46)29-9-5-4-6-10-29)27-31(30-15-18-36(47-2)37(25-30)48-3)19-22-44-23-20-33(21-24-44)41-39-42-34-11-7-8-12-35(34)45(39)26-28-13-16-32(40)17-14-28/h4-18,25,31,33H,19-24,26-27H2,1-3H3,(H,41,42). The second-order valence-corrected chi connectivity index (χ2v) is 12.5. The van der Waals surface area contributed by atoms with Gasteiger partial charge in [0.25, 0.3) is 5.91 Å². The number of methoxy groups -OCH3 is 2. The first-order chi connectivity index (χ1) is 23.4. The van der Waals surface area contributed by atoms with E-state index in [-0.39, 0.29) is 17.6 Å².